The molecule has 0 aliphatic rings. The number of halogens is 1. The Hall–Kier alpha value is -0.860. The number of hydrogen-bond donors (Lipinski definition) is 0. The molecule has 9 heavy (non-hydrogen) atoms. The summed E-state index contributed by atoms with van der Waals surface area (Å²) in [5.74, 6) is -0.788. The van der Waals surface area contributed by atoms with Crippen LogP contribution in [0.5, 0.6) is 0 Å². The molecule has 0 aromatic heterocycles. The highest BCUT2D eigenvalue weighted by Crippen LogP contribution is 1.97. The molecule has 0 aliphatic heterocycles. The van der Waals surface area contributed by atoms with E-state index in [1.807, 2.05) is 0 Å². The van der Waals surface area contributed by atoms with E-state index in [1.54, 1.807) is 0 Å². The van der Waals surface area contributed by atoms with Crippen LogP contribution in [0.15, 0.2) is 12.0 Å². The SMILES string of the molecule is CC(=O)/C=C(/F)N(C)C. The van der Waals surface area contributed by atoms with Gasteiger partial charge in [0.15, 0.2) is 11.7 Å². The molecule has 0 fully saturated rings. The molecule has 0 aromatic rings. The van der Waals surface area contributed by atoms with Crippen LogP contribution >= 0.6 is 0 Å². The van der Waals surface area contributed by atoms with Crippen molar-refractivity contribution in [2.75, 3.05) is 14.1 Å². The van der Waals surface area contributed by atoms with Crippen molar-refractivity contribution in [3.63, 3.8) is 0 Å². The summed E-state index contributed by atoms with van der Waals surface area (Å²) >= 11 is 0. The normalized spacial score (nSPS) is 11.3. The Morgan fingerprint density at radius 3 is 2.11 bits per heavy atom. The average molecular weight is 131 g/mol. The van der Waals surface area contributed by atoms with Gasteiger partial charge >= 0.3 is 0 Å². The van der Waals surface area contributed by atoms with Crippen LogP contribution in [0.25, 0.3) is 0 Å². The first-order valence-electron chi connectivity index (χ1n) is 2.59. The van der Waals surface area contributed by atoms with Gasteiger partial charge in [0.05, 0.1) is 0 Å². The average Bonchev–Trinajstić information content (AvgIpc) is 1.63. The Morgan fingerprint density at radius 1 is 1.56 bits per heavy atom. The van der Waals surface area contributed by atoms with Crippen molar-refractivity contribution < 1.29 is 9.18 Å². The zero-order chi connectivity index (χ0) is 7.44. The molecule has 0 atom stereocenters. The molecule has 0 saturated heterocycles. The second-order valence-electron chi connectivity index (χ2n) is 1.97. The molecule has 0 amide bonds. The molecular weight excluding hydrogens is 121 g/mol. The van der Waals surface area contributed by atoms with Gasteiger partial charge in [-0.1, -0.05) is 0 Å². The van der Waals surface area contributed by atoms with E-state index < -0.39 is 5.95 Å². The molecule has 0 heterocycles. The first-order chi connectivity index (χ1) is 4.04. The van der Waals surface area contributed by atoms with Crippen molar-refractivity contribution in [2.45, 2.75) is 6.92 Å². The zero-order valence-corrected chi connectivity index (χ0v) is 5.81. The lowest BCUT2D eigenvalue weighted by Gasteiger charge is -2.06. The van der Waals surface area contributed by atoms with Gasteiger partial charge < -0.3 is 4.90 Å². The molecule has 0 unspecified atom stereocenters. The molecular formula is C6H10FNO. The fraction of sp³-hybridized carbons (Fsp3) is 0.500. The van der Waals surface area contributed by atoms with Crippen molar-refractivity contribution in [1.82, 2.24) is 4.90 Å². The van der Waals surface area contributed by atoms with Crippen LogP contribution < -0.4 is 0 Å². The summed E-state index contributed by atoms with van der Waals surface area (Å²) in [5.41, 5.74) is 0. The first-order valence-corrected chi connectivity index (χ1v) is 2.59. The van der Waals surface area contributed by atoms with Gasteiger partial charge in [-0.3, -0.25) is 4.79 Å². The molecule has 0 bridgehead atoms. The Bertz CT molecular complexity index is 140. The number of hydrogen-bond acceptors (Lipinski definition) is 2. The van der Waals surface area contributed by atoms with E-state index >= 15 is 0 Å². The lowest BCUT2D eigenvalue weighted by atomic mass is 10.4. The summed E-state index contributed by atoms with van der Waals surface area (Å²) < 4.78 is 12.3. The van der Waals surface area contributed by atoms with E-state index in [9.17, 15) is 9.18 Å². The Kier molecular flexibility index (Phi) is 2.91. The van der Waals surface area contributed by atoms with Crippen LogP contribution in [0.1, 0.15) is 6.92 Å². The third-order valence-electron chi connectivity index (χ3n) is 0.750. The maximum atomic E-state index is 12.3. The Balaban J connectivity index is 4.00. The van der Waals surface area contributed by atoms with Gasteiger partial charge in [-0.2, -0.15) is 4.39 Å². The van der Waals surface area contributed by atoms with E-state index in [0.717, 1.165) is 6.08 Å². The molecule has 0 spiro atoms. The topological polar surface area (TPSA) is 20.3 Å². The van der Waals surface area contributed by atoms with Crippen molar-refractivity contribution in [3.8, 4) is 0 Å². The number of allylic oxidation sites excluding steroid dienone is 1. The van der Waals surface area contributed by atoms with Crippen molar-refractivity contribution >= 4 is 5.78 Å². The van der Waals surface area contributed by atoms with Crippen molar-refractivity contribution in [2.24, 2.45) is 0 Å². The van der Waals surface area contributed by atoms with E-state index in [4.69, 9.17) is 0 Å². The smallest absolute Gasteiger partial charge is 0.192 e. The molecule has 0 aromatic carbocycles. The lowest BCUT2D eigenvalue weighted by molar-refractivity contribution is -0.112. The third-order valence-corrected chi connectivity index (χ3v) is 0.750. The summed E-state index contributed by atoms with van der Waals surface area (Å²) in [6.07, 6.45) is 0.944. The van der Waals surface area contributed by atoms with E-state index in [1.165, 1.54) is 25.9 Å². The van der Waals surface area contributed by atoms with Crippen LogP contribution in [0, 0.1) is 0 Å². The summed E-state index contributed by atoms with van der Waals surface area (Å²) in [6, 6.07) is 0. The summed E-state index contributed by atoms with van der Waals surface area (Å²) in [6.45, 7) is 1.31. The van der Waals surface area contributed by atoms with Crippen LogP contribution in [0.3, 0.4) is 0 Å². The maximum Gasteiger partial charge on any atom is 0.192 e. The summed E-state index contributed by atoms with van der Waals surface area (Å²) in [5, 5.41) is 0. The number of rotatable bonds is 2. The lowest BCUT2D eigenvalue weighted by Crippen LogP contribution is -2.08. The minimum absolute atomic E-state index is 0.277. The number of ketones is 1. The number of carbonyl (C=O) groups is 1. The highest BCUT2D eigenvalue weighted by molar-refractivity contribution is 5.87. The molecule has 2 nitrogen and oxygen atoms in total. The summed E-state index contributed by atoms with van der Waals surface area (Å²) in [4.78, 5) is 11.5. The molecule has 0 saturated carbocycles. The van der Waals surface area contributed by atoms with Gasteiger partial charge in [-0.25, -0.2) is 0 Å². The number of nitrogens with zero attached hydrogens (tertiary/aromatic N) is 1. The first kappa shape index (κ1) is 8.14. The van der Waals surface area contributed by atoms with Gasteiger partial charge in [-0.15, -0.1) is 0 Å². The van der Waals surface area contributed by atoms with Gasteiger partial charge in [0.2, 0.25) is 0 Å². The minimum Gasteiger partial charge on any atom is -0.355 e. The zero-order valence-electron chi connectivity index (χ0n) is 5.81. The highest BCUT2D eigenvalue weighted by Gasteiger charge is 1.96. The van der Waals surface area contributed by atoms with E-state index in [2.05, 4.69) is 0 Å². The van der Waals surface area contributed by atoms with Crippen LogP contribution in [0.2, 0.25) is 0 Å². The Labute approximate surface area is 54.0 Å². The predicted octanol–water partition coefficient (Wildman–Crippen LogP) is 0.948. The quantitative estimate of drug-likeness (QED) is 0.410. The van der Waals surface area contributed by atoms with E-state index in [0.29, 0.717) is 0 Å². The molecule has 0 radical (unpaired) electrons. The minimum atomic E-state index is -0.512. The van der Waals surface area contributed by atoms with Crippen LogP contribution in [-0.2, 0) is 4.79 Å². The summed E-state index contributed by atoms with van der Waals surface area (Å²) in [7, 11) is 3.07. The fourth-order valence-corrected chi connectivity index (χ4v) is 0.297. The van der Waals surface area contributed by atoms with Gasteiger partial charge in [0, 0.05) is 20.2 Å². The maximum absolute atomic E-state index is 12.3. The standard InChI is InChI=1S/C6H10FNO/c1-5(9)4-6(7)8(2)3/h4H,1-3H3/b6-4-. The van der Waals surface area contributed by atoms with Crippen LogP contribution in [-0.4, -0.2) is 24.8 Å². The highest BCUT2D eigenvalue weighted by atomic mass is 19.1. The fourth-order valence-electron chi connectivity index (χ4n) is 0.297. The van der Waals surface area contributed by atoms with Crippen LogP contribution in [0.4, 0.5) is 4.39 Å². The molecule has 3 heteroatoms. The van der Waals surface area contributed by atoms with Crippen molar-refractivity contribution in [3.05, 3.63) is 12.0 Å². The van der Waals surface area contributed by atoms with Crippen molar-refractivity contribution in [1.29, 1.82) is 0 Å². The van der Waals surface area contributed by atoms with Gasteiger partial charge in [0.25, 0.3) is 0 Å². The molecule has 52 valence electrons. The van der Waals surface area contributed by atoms with E-state index in [-0.39, 0.29) is 5.78 Å². The molecule has 0 N–H and O–H groups in total. The second kappa shape index (κ2) is 3.22. The largest absolute Gasteiger partial charge is 0.355 e. The monoisotopic (exact) mass is 131 g/mol. The second-order valence-corrected chi connectivity index (χ2v) is 1.97. The third kappa shape index (κ3) is 3.70. The molecule has 0 aliphatic carbocycles. The number of carbonyl (C=O) groups excluding carboxylic acids is 1. The predicted molar refractivity (Wildman–Crippen MR) is 33.6 cm³/mol. The Morgan fingerprint density at radius 2 is 2.00 bits per heavy atom. The molecule has 0 rings (SSSR count). The van der Waals surface area contributed by atoms with Gasteiger partial charge in [-0.05, 0) is 6.92 Å². The van der Waals surface area contributed by atoms with Gasteiger partial charge in [0.1, 0.15) is 0 Å².